The third-order valence-corrected chi connectivity index (χ3v) is 10.1. The summed E-state index contributed by atoms with van der Waals surface area (Å²) >= 11 is 0. The molecule has 3 rings (SSSR count). The average Bonchev–Trinajstić information content (AvgIpc) is 3.01. The van der Waals surface area contributed by atoms with Crippen molar-refractivity contribution < 1.29 is 17.9 Å². The van der Waals surface area contributed by atoms with Crippen molar-refractivity contribution in [3.63, 3.8) is 0 Å². The summed E-state index contributed by atoms with van der Waals surface area (Å²) in [6.07, 6.45) is 15.0. The van der Waals surface area contributed by atoms with Crippen LogP contribution >= 0.6 is 0 Å². The molecule has 230 valence electrons. The summed E-state index contributed by atoms with van der Waals surface area (Å²) < 4.78 is 33.8. The fourth-order valence-electron chi connectivity index (χ4n) is 5.83. The molecule has 0 amide bonds. The van der Waals surface area contributed by atoms with Crippen LogP contribution in [0.15, 0.2) is 87.8 Å². The zero-order valence-electron chi connectivity index (χ0n) is 26.0. The maximum Gasteiger partial charge on any atom is 0.350 e. The molecular weight excluding hydrogens is 542 g/mol. The zero-order chi connectivity index (χ0) is 30.2. The topological polar surface area (TPSA) is 63.7 Å². The van der Waals surface area contributed by atoms with Crippen LogP contribution in [0.25, 0.3) is 0 Å². The number of hydrogen-bond donors (Lipinski definition) is 0. The van der Waals surface area contributed by atoms with Crippen LogP contribution in [0.5, 0.6) is 0 Å². The van der Waals surface area contributed by atoms with Crippen LogP contribution in [0.4, 0.5) is 0 Å². The molecule has 1 aliphatic rings. The van der Waals surface area contributed by atoms with E-state index in [-0.39, 0.29) is 22.3 Å². The maximum absolute atomic E-state index is 14.0. The van der Waals surface area contributed by atoms with Crippen molar-refractivity contribution in [2.75, 3.05) is 19.7 Å². The summed E-state index contributed by atoms with van der Waals surface area (Å²) in [7, 11) is -4.09. The Morgan fingerprint density at radius 3 is 1.88 bits per heavy atom. The third-order valence-electron chi connectivity index (χ3n) is 8.23. The van der Waals surface area contributed by atoms with Gasteiger partial charge in [-0.05, 0) is 68.4 Å². The largest absolute Gasteiger partial charge is 0.462 e. The van der Waals surface area contributed by atoms with Crippen molar-refractivity contribution in [3.05, 3.63) is 88.5 Å². The second kappa shape index (κ2) is 17.9. The summed E-state index contributed by atoms with van der Waals surface area (Å²) in [4.78, 5) is 15.8. The van der Waals surface area contributed by atoms with Crippen molar-refractivity contribution in [2.45, 2.75) is 109 Å². The SMILES string of the molecule is CCCCCCCCCCCCOC(=O)C(=C1C=C(N(CC)CC)CC(c2ccccc2)C1)S(=O)(=O)c1ccccc1. The Bertz CT molecular complexity index is 1250. The molecule has 2 aromatic carbocycles. The minimum atomic E-state index is -4.09. The van der Waals surface area contributed by atoms with E-state index in [0.29, 0.717) is 12.0 Å². The van der Waals surface area contributed by atoms with Gasteiger partial charge in [-0.25, -0.2) is 13.2 Å². The van der Waals surface area contributed by atoms with Gasteiger partial charge in [-0.2, -0.15) is 0 Å². The van der Waals surface area contributed by atoms with Crippen LogP contribution < -0.4 is 0 Å². The normalized spacial score (nSPS) is 16.5. The van der Waals surface area contributed by atoms with E-state index in [1.165, 1.54) is 44.9 Å². The molecule has 1 atom stereocenters. The van der Waals surface area contributed by atoms with Gasteiger partial charge in [-0.1, -0.05) is 113 Å². The molecule has 0 N–H and O–H groups in total. The number of esters is 1. The van der Waals surface area contributed by atoms with Gasteiger partial charge < -0.3 is 9.64 Å². The lowest BCUT2D eigenvalue weighted by atomic mass is 9.83. The van der Waals surface area contributed by atoms with Crippen molar-refractivity contribution in [1.82, 2.24) is 4.90 Å². The van der Waals surface area contributed by atoms with Crippen molar-refractivity contribution in [2.24, 2.45) is 0 Å². The van der Waals surface area contributed by atoms with E-state index in [4.69, 9.17) is 4.74 Å². The van der Waals surface area contributed by atoms with Gasteiger partial charge in [0.15, 0.2) is 4.91 Å². The van der Waals surface area contributed by atoms with E-state index in [9.17, 15) is 13.2 Å². The highest BCUT2D eigenvalue weighted by Crippen LogP contribution is 2.40. The minimum Gasteiger partial charge on any atom is -0.462 e. The molecule has 0 saturated heterocycles. The average molecular weight is 594 g/mol. The molecular formula is C36H51NO4S. The van der Waals surface area contributed by atoms with Crippen molar-refractivity contribution in [3.8, 4) is 0 Å². The number of rotatable bonds is 18. The first-order valence-electron chi connectivity index (χ1n) is 16.1. The number of nitrogens with zero attached hydrogens (tertiary/aromatic N) is 1. The number of carbonyl (C=O) groups is 1. The van der Waals surface area contributed by atoms with Gasteiger partial charge >= 0.3 is 5.97 Å². The number of benzene rings is 2. The summed E-state index contributed by atoms with van der Waals surface area (Å²) in [5, 5.41) is 0. The smallest absolute Gasteiger partial charge is 0.350 e. The lowest BCUT2D eigenvalue weighted by molar-refractivity contribution is -0.138. The predicted octanol–water partition coefficient (Wildman–Crippen LogP) is 8.98. The molecule has 0 fully saturated rings. The molecule has 6 heteroatoms. The van der Waals surface area contributed by atoms with E-state index in [1.807, 2.05) is 24.3 Å². The quantitative estimate of drug-likeness (QED) is 0.0980. The first kappa shape index (κ1) is 33.6. The lowest BCUT2D eigenvalue weighted by Gasteiger charge is -2.33. The summed E-state index contributed by atoms with van der Waals surface area (Å²) in [5.41, 5.74) is 2.73. The molecule has 0 aromatic heterocycles. The van der Waals surface area contributed by atoms with E-state index < -0.39 is 15.8 Å². The fourth-order valence-corrected chi connectivity index (χ4v) is 7.35. The Balaban J connectivity index is 1.82. The Kier molecular flexibility index (Phi) is 14.4. The molecule has 0 heterocycles. The van der Waals surface area contributed by atoms with E-state index in [0.717, 1.165) is 50.0 Å². The van der Waals surface area contributed by atoms with Crippen LogP contribution in [0.3, 0.4) is 0 Å². The van der Waals surface area contributed by atoms with Crippen LogP contribution in [0, 0.1) is 0 Å². The number of unbranched alkanes of at least 4 members (excludes halogenated alkanes) is 9. The Morgan fingerprint density at radius 1 is 0.762 bits per heavy atom. The number of allylic oxidation sites excluding steroid dienone is 3. The molecule has 2 aromatic rings. The van der Waals surface area contributed by atoms with E-state index in [2.05, 4.69) is 37.8 Å². The second-order valence-electron chi connectivity index (χ2n) is 11.3. The monoisotopic (exact) mass is 593 g/mol. The third kappa shape index (κ3) is 9.86. The van der Waals surface area contributed by atoms with Gasteiger partial charge in [0.25, 0.3) is 0 Å². The number of sulfone groups is 1. The highest BCUT2D eigenvalue weighted by molar-refractivity contribution is 7.96. The number of hydrogen-bond acceptors (Lipinski definition) is 5. The van der Waals surface area contributed by atoms with Gasteiger partial charge in [0.2, 0.25) is 9.84 Å². The van der Waals surface area contributed by atoms with Gasteiger partial charge in [-0.15, -0.1) is 0 Å². The van der Waals surface area contributed by atoms with Gasteiger partial charge in [0.1, 0.15) is 0 Å². The van der Waals surface area contributed by atoms with Crippen LogP contribution in [0.1, 0.15) is 109 Å². The van der Waals surface area contributed by atoms with Gasteiger partial charge in [-0.3, -0.25) is 0 Å². The highest BCUT2D eigenvalue weighted by Gasteiger charge is 2.34. The molecule has 0 saturated carbocycles. The predicted molar refractivity (Wildman–Crippen MR) is 173 cm³/mol. The first-order chi connectivity index (χ1) is 20.4. The molecule has 1 unspecified atom stereocenters. The van der Waals surface area contributed by atoms with E-state index >= 15 is 0 Å². The maximum atomic E-state index is 14.0. The summed E-state index contributed by atoms with van der Waals surface area (Å²) in [6.45, 7) is 8.28. The summed E-state index contributed by atoms with van der Waals surface area (Å²) in [6, 6.07) is 18.4. The Morgan fingerprint density at radius 2 is 1.31 bits per heavy atom. The van der Waals surface area contributed by atoms with E-state index in [1.54, 1.807) is 30.3 Å². The highest BCUT2D eigenvalue weighted by atomic mass is 32.2. The zero-order valence-corrected chi connectivity index (χ0v) is 26.8. The van der Waals surface area contributed by atoms with Gasteiger partial charge in [0.05, 0.1) is 11.5 Å². The van der Waals surface area contributed by atoms with Gasteiger partial charge in [0, 0.05) is 18.8 Å². The molecule has 42 heavy (non-hydrogen) atoms. The Hall–Kier alpha value is -2.86. The standard InChI is InChI=1S/C36H51NO4S/c1-4-7-8-9-10-11-12-13-14-21-26-41-36(38)35(42(39,40)34-24-19-16-20-25-34)32-27-31(30-22-17-15-18-23-30)28-33(29-32)37(5-2)6-3/h15-20,22-25,29,31H,4-14,21,26-28H2,1-3H3. The fraction of sp³-hybridized carbons (Fsp3) is 0.528. The molecule has 0 spiro atoms. The Labute approximate surface area is 255 Å². The number of carbonyl (C=O) groups excluding carboxylic acids is 1. The first-order valence-corrected chi connectivity index (χ1v) is 17.6. The molecule has 5 nitrogen and oxygen atoms in total. The van der Waals surface area contributed by atoms with Crippen LogP contribution in [-0.2, 0) is 19.4 Å². The van der Waals surface area contributed by atoms with Crippen molar-refractivity contribution in [1.29, 1.82) is 0 Å². The summed E-state index contributed by atoms with van der Waals surface area (Å²) in [5.74, 6) is -0.675. The minimum absolute atomic E-state index is 0.0672. The molecule has 1 aliphatic carbocycles. The lowest BCUT2D eigenvalue weighted by Crippen LogP contribution is -2.27. The second-order valence-corrected chi connectivity index (χ2v) is 13.2. The van der Waals surface area contributed by atoms with Crippen molar-refractivity contribution >= 4 is 15.8 Å². The molecule has 0 bridgehead atoms. The van der Waals surface area contributed by atoms with Crippen LogP contribution in [-0.4, -0.2) is 39.0 Å². The molecule has 0 radical (unpaired) electrons. The van der Waals surface area contributed by atoms with Crippen LogP contribution in [0.2, 0.25) is 0 Å². The molecule has 0 aliphatic heterocycles. The number of ether oxygens (including phenoxy) is 1.